The van der Waals surface area contributed by atoms with Crippen LogP contribution in [-0.2, 0) is 19.2 Å². The molecule has 8 nitrogen and oxygen atoms in total. The lowest BCUT2D eigenvalue weighted by Gasteiger charge is -2.56. The Labute approximate surface area is 327 Å². The number of hydrogen-bond acceptors (Lipinski definition) is 4. The Hall–Kier alpha value is -3.16. The molecule has 308 valence electrons. The number of rotatable bonds is 17. The molecule has 0 radical (unpaired) electrons. The lowest BCUT2D eigenvalue weighted by atomic mass is 9.49. The van der Waals surface area contributed by atoms with Gasteiger partial charge in [0.25, 0.3) is 0 Å². The molecule has 0 heterocycles. The van der Waals surface area contributed by atoms with Gasteiger partial charge in [0, 0.05) is 22.3 Å². The minimum Gasteiger partial charge on any atom is -0.478 e. The topological polar surface area (TPSA) is 149 Å². The highest BCUT2D eigenvalue weighted by Crippen LogP contribution is 2.60. The first kappa shape index (κ1) is 48.9. The van der Waals surface area contributed by atoms with E-state index in [9.17, 15) is 19.2 Å². The Kier molecular flexibility index (Phi) is 24.1. The van der Waals surface area contributed by atoms with E-state index in [2.05, 4.69) is 26.8 Å². The van der Waals surface area contributed by atoms with E-state index in [4.69, 9.17) is 20.4 Å². The first-order chi connectivity index (χ1) is 25.6. The van der Waals surface area contributed by atoms with Gasteiger partial charge >= 0.3 is 23.9 Å². The van der Waals surface area contributed by atoms with Gasteiger partial charge < -0.3 is 20.4 Å². The summed E-state index contributed by atoms with van der Waals surface area (Å²) >= 11 is 0. The summed E-state index contributed by atoms with van der Waals surface area (Å²) in [4.78, 5) is 42.4. The van der Waals surface area contributed by atoms with Crippen LogP contribution in [0.5, 0.6) is 0 Å². The maximum atomic E-state index is 11.0. The number of unbranched alkanes of at least 4 members (excludes halogenated alkanes) is 5. The number of carboxylic acids is 4. The number of carboxylic acid groups (broad SMARTS) is 4. The monoisotopic (exact) mass is 757 g/mol. The van der Waals surface area contributed by atoms with Gasteiger partial charge in [-0.05, 0) is 133 Å². The summed E-state index contributed by atoms with van der Waals surface area (Å²) in [6, 6.07) is 0. The second kappa shape index (κ2) is 26.6. The molecule has 0 aliphatic heterocycles. The van der Waals surface area contributed by atoms with Crippen molar-refractivity contribution in [3.63, 3.8) is 0 Å². The summed E-state index contributed by atoms with van der Waals surface area (Å²) in [5.41, 5.74) is 2.26. The van der Waals surface area contributed by atoms with Gasteiger partial charge in [-0.2, -0.15) is 0 Å². The Balaban J connectivity index is 0.000000364. The van der Waals surface area contributed by atoms with Gasteiger partial charge in [0.05, 0.1) is 0 Å². The van der Waals surface area contributed by atoms with Crippen molar-refractivity contribution in [2.75, 3.05) is 0 Å². The van der Waals surface area contributed by atoms with E-state index in [-0.39, 0.29) is 5.41 Å². The van der Waals surface area contributed by atoms with Crippen molar-refractivity contribution in [3.8, 4) is 0 Å². The third kappa shape index (κ3) is 20.0. The summed E-state index contributed by atoms with van der Waals surface area (Å²) in [6.45, 7) is 13.3. The van der Waals surface area contributed by atoms with Gasteiger partial charge in [-0.1, -0.05) is 109 Å². The molecule has 0 aromatic rings. The Morgan fingerprint density at radius 3 is 1.54 bits per heavy atom. The van der Waals surface area contributed by atoms with Crippen LogP contribution in [-0.4, -0.2) is 44.3 Å². The highest BCUT2D eigenvalue weighted by atomic mass is 16.4. The van der Waals surface area contributed by atoms with Crippen molar-refractivity contribution >= 4 is 23.9 Å². The van der Waals surface area contributed by atoms with E-state index in [1.165, 1.54) is 109 Å². The normalized spacial score (nSPS) is 24.5. The molecule has 1 unspecified atom stereocenters. The lowest BCUT2D eigenvalue weighted by molar-refractivity contribution is -0.133. The minimum atomic E-state index is -0.800. The zero-order chi connectivity index (χ0) is 40.7. The average Bonchev–Trinajstić information content (AvgIpc) is 3.11. The van der Waals surface area contributed by atoms with Crippen molar-refractivity contribution in [3.05, 3.63) is 46.6 Å². The van der Waals surface area contributed by atoms with Crippen LogP contribution in [0.1, 0.15) is 183 Å². The van der Waals surface area contributed by atoms with Crippen LogP contribution in [0.4, 0.5) is 0 Å². The molecule has 5 aliphatic rings. The summed E-state index contributed by atoms with van der Waals surface area (Å²) in [6.07, 6.45) is 33.3. The molecule has 0 saturated heterocycles. The first-order valence-electron chi connectivity index (χ1n) is 21.2. The zero-order valence-corrected chi connectivity index (χ0v) is 35.0. The maximum Gasteiger partial charge on any atom is 0.330 e. The van der Waals surface area contributed by atoms with Crippen molar-refractivity contribution < 1.29 is 39.6 Å². The van der Waals surface area contributed by atoms with Crippen molar-refractivity contribution in [1.29, 1.82) is 0 Å². The van der Waals surface area contributed by atoms with Gasteiger partial charge in [0.15, 0.2) is 0 Å². The van der Waals surface area contributed by atoms with Crippen LogP contribution < -0.4 is 0 Å². The van der Waals surface area contributed by atoms with Crippen LogP contribution in [0.2, 0.25) is 0 Å². The molecule has 4 N–H and O–H groups in total. The molecule has 5 saturated carbocycles. The lowest BCUT2D eigenvalue weighted by Crippen LogP contribution is -2.45. The van der Waals surface area contributed by atoms with Gasteiger partial charge in [-0.25, -0.2) is 19.2 Å². The molecule has 0 aromatic heterocycles. The second-order valence-corrected chi connectivity index (χ2v) is 16.9. The Morgan fingerprint density at radius 2 is 1.09 bits per heavy atom. The van der Waals surface area contributed by atoms with Crippen LogP contribution in [0.15, 0.2) is 46.6 Å². The smallest absolute Gasteiger partial charge is 0.330 e. The van der Waals surface area contributed by atoms with Crippen LogP contribution in [0, 0.1) is 35.0 Å². The highest BCUT2D eigenvalue weighted by Gasteiger charge is 2.49. The number of hydrogen-bond donors (Lipinski definition) is 4. The molecule has 0 spiro atoms. The second-order valence-electron chi connectivity index (χ2n) is 16.9. The molecule has 4 bridgehead atoms. The van der Waals surface area contributed by atoms with E-state index in [1.807, 2.05) is 12.2 Å². The molecule has 5 fully saturated rings. The first-order valence-corrected chi connectivity index (χ1v) is 21.2. The molecule has 0 amide bonds. The van der Waals surface area contributed by atoms with E-state index in [0.717, 1.165) is 43.4 Å². The molecule has 5 aliphatic carbocycles. The SMILES string of the molecule is CC(=CC12CC3CC(CC(C3)C1)C2)C(=O)O.CC(=CC1CCCCC1)C(=O)O.CCCCC(CC)CC=C(C)C(=O)O.CCCCCCC=C(C)C(=O)O. The van der Waals surface area contributed by atoms with Crippen molar-refractivity contribution in [2.45, 2.75) is 183 Å². The van der Waals surface area contributed by atoms with E-state index in [1.54, 1.807) is 33.8 Å². The molecular formula is C46H76O8. The van der Waals surface area contributed by atoms with E-state index in [0.29, 0.717) is 34.1 Å². The van der Waals surface area contributed by atoms with Gasteiger partial charge in [-0.15, -0.1) is 0 Å². The fraction of sp³-hybridized carbons (Fsp3) is 0.739. The molecule has 1 atom stereocenters. The summed E-state index contributed by atoms with van der Waals surface area (Å²) in [5, 5.41) is 34.9. The zero-order valence-electron chi connectivity index (χ0n) is 35.0. The third-order valence-electron chi connectivity index (χ3n) is 11.9. The summed E-state index contributed by atoms with van der Waals surface area (Å²) < 4.78 is 0. The van der Waals surface area contributed by atoms with Crippen LogP contribution >= 0.6 is 0 Å². The molecular weight excluding hydrogens is 680 g/mol. The van der Waals surface area contributed by atoms with Gasteiger partial charge in [0.2, 0.25) is 0 Å². The highest BCUT2D eigenvalue weighted by molar-refractivity contribution is 5.87. The number of aliphatic carboxylic acids is 4. The fourth-order valence-electron chi connectivity index (χ4n) is 8.99. The van der Waals surface area contributed by atoms with Gasteiger partial charge in [-0.3, -0.25) is 0 Å². The molecule has 54 heavy (non-hydrogen) atoms. The standard InChI is InChI=1S/C14H20O2.C12H22O2.C10H16O2.C10H18O2/c1-9(13(15)16)5-14-6-10-2-11(7-14)4-12(3-10)8-14;1-4-6-7-11(5-2)9-8-10(3)12(13)14;1-8(10(11)12)7-9-5-3-2-4-6-9;1-3-4-5-6-7-8-9(2)10(11)12/h5,10-12H,2-4,6-8H2,1H3,(H,15,16);8,11H,4-7,9H2,1-3H3,(H,13,14);7,9H,2-6H2,1H3,(H,11,12);8H,3-7H2,1-2H3,(H,11,12). The fourth-order valence-corrected chi connectivity index (χ4v) is 8.99. The summed E-state index contributed by atoms with van der Waals surface area (Å²) in [7, 11) is 0. The maximum absolute atomic E-state index is 11.0. The molecule has 5 rings (SSSR count). The quantitative estimate of drug-likeness (QED) is 0.0846. The molecule has 8 heteroatoms. The van der Waals surface area contributed by atoms with Crippen LogP contribution in [0.25, 0.3) is 0 Å². The molecule has 0 aromatic carbocycles. The van der Waals surface area contributed by atoms with Crippen molar-refractivity contribution in [2.24, 2.45) is 35.0 Å². The van der Waals surface area contributed by atoms with Crippen molar-refractivity contribution in [1.82, 2.24) is 0 Å². The largest absolute Gasteiger partial charge is 0.478 e. The Bertz CT molecular complexity index is 1240. The summed E-state index contributed by atoms with van der Waals surface area (Å²) in [5.74, 6) is 0.744. The third-order valence-corrected chi connectivity index (χ3v) is 11.9. The number of carbonyl (C=O) groups is 4. The average molecular weight is 757 g/mol. The van der Waals surface area contributed by atoms with Gasteiger partial charge in [0.1, 0.15) is 0 Å². The van der Waals surface area contributed by atoms with Crippen LogP contribution in [0.3, 0.4) is 0 Å². The number of allylic oxidation sites excluding steroid dienone is 4. The van der Waals surface area contributed by atoms with E-state index >= 15 is 0 Å². The van der Waals surface area contributed by atoms with E-state index < -0.39 is 23.9 Å². The Morgan fingerprint density at radius 1 is 0.611 bits per heavy atom. The minimum absolute atomic E-state index is 0.261. The predicted molar refractivity (Wildman–Crippen MR) is 219 cm³/mol. The predicted octanol–water partition coefficient (Wildman–Crippen LogP) is 12.4.